The summed E-state index contributed by atoms with van der Waals surface area (Å²) in [5.74, 6) is -1.63. The molecule has 4 aliphatic rings. The van der Waals surface area contributed by atoms with E-state index in [0.29, 0.717) is 51.9 Å². The van der Waals surface area contributed by atoms with Gasteiger partial charge in [0.05, 0.1) is 41.2 Å². The van der Waals surface area contributed by atoms with Crippen LogP contribution < -0.4 is 36.5 Å². The second-order valence-corrected chi connectivity index (χ2v) is 20.7. The smallest absolute Gasteiger partial charge is 0.407 e. The Labute approximate surface area is 482 Å². The van der Waals surface area contributed by atoms with Gasteiger partial charge in [-0.25, -0.2) is 9.59 Å². The summed E-state index contributed by atoms with van der Waals surface area (Å²) in [6, 6.07) is 5.85. The molecule has 33 heteroatoms. The lowest BCUT2D eigenvalue weighted by atomic mass is 9.99. The third-order valence-electron chi connectivity index (χ3n) is 14.4. The second kappa shape index (κ2) is 33.4. The quantitative estimate of drug-likeness (QED) is 0.0199. The van der Waals surface area contributed by atoms with Crippen LogP contribution in [0.25, 0.3) is 0 Å². The maximum atomic E-state index is 13.0. The number of piperazine rings is 2. The predicted octanol–water partition coefficient (Wildman–Crippen LogP) is -4.40. The molecule has 6 unspecified atom stereocenters. The van der Waals surface area contributed by atoms with E-state index in [9.17, 15) is 80.3 Å². The Kier molecular flexibility index (Phi) is 26.6. The van der Waals surface area contributed by atoms with E-state index in [4.69, 9.17) is 34.2 Å². The van der Waals surface area contributed by atoms with E-state index < -0.39 is 126 Å². The van der Waals surface area contributed by atoms with E-state index in [1.807, 2.05) is 0 Å². The van der Waals surface area contributed by atoms with E-state index in [1.165, 1.54) is 12.1 Å². The number of ether oxygens (including phenoxy) is 6. The number of hydrogen-bond acceptors (Lipinski definition) is 27. The zero-order valence-corrected chi connectivity index (χ0v) is 46.3. The fourth-order valence-electron chi connectivity index (χ4n) is 9.56. The number of nitro groups is 2. The number of nitro benzene ring substituents is 2. The molecule has 0 saturated carbocycles. The topological polar surface area (TPSA) is 459 Å². The van der Waals surface area contributed by atoms with Crippen molar-refractivity contribution < 1.29 is 98.3 Å². The summed E-state index contributed by atoms with van der Waals surface area (Å²) in [6.07, 6.45) is -14.7. The van der Waals surface area contributed by atoms with E-state index in [2.05, 4.69) is 40.9 Å². The molecule has 4 amide bonds. The minimum absolute atomic E-state index is 0.0905. The van der Waals surface area contributed by atoms with Crippen LogP contribution in [0, 0.1) is 20.2 Å². The first-order chi connectivity index (χ1) is 40.2. The number of benzene rings is 2. The van der Waals surface area contributed by atoms with Crippen LogP contribution in [0.4, 0.5) is 21.0 Å². The molecule has 33 nitrogen and oxygen atoms in total. The molecule has 11 atom stereocenters. The highest BCUT2D eigenvalue weighted by Crippen LogP contribution is 2.30. The minimum Gasteiger partial charge on any atom is -0.462 e. The minimum atomic E-state index is -1.76. The largest absolute Gasteiger partial charge is 0.462 e. The molecule has 2 aromatic carbocycles. The van der Waals surface area contributed by atoms with Gasteiger partial charge in [0.2, 0.25) is 12.6 Å². The lowest BCUT2D eigenvalue weighted by Crippen LogP contribution is -2.60. The van der Waals surface area contributed by atoms with E-state index in [-0.39, 0.29) is 48.9 Å². The normalized spacial score (nSPS) is 25.6. The fourth-order valence-corrected chi connectivity index (χ4v) is 9.56. The molecule has 0 bridgehead atoms. The molecular weight excluding hydrogens is 1120 g/mol. The molecule has 84 heavy (non-hydrogen) atoms. The van der Waals surface area contributed by atoms with Crippen molar-refractivity contribution in [1.29, 1.82) is 0 Å². The first-order valence-corrected chi connectivity index (χ1v) is 27.8. The number of aliphatic hydroxyl groups excluding tert-OH is 8. The Balaban J connectivity index is 0.738. The van der Waals surface area contributed by atoms with Crippen molar-refractivity contribution in [2.24, 2.45) is 5.73 Å². The number of nitrogens with two attached hydrogens (primary N) is 1. The standard InChI is InChI=1S/C51H79N11O22/c52-33(29-79-50(73)55-7-3-11-59-17-13-57(14-18-59)9-1-5-53-46(71)31-21-34(61(75)76)25-36(23-31)81-48-44(69)42(67)40(65)38(27-63)83-48)30-80-51(74)56-8-4-12-60-19-15-58(16-20-60)10-2-6-54-47(72)32-22-35(62(77)78)26-37(24-32)82-49-45(70)43(68)41(66)39(28-64)84-49/h21-26,33,38-45,48-49,63-70H,1-20,27-30,52H2,(H,53,71)(H,54,72)(H,55,73)(H,56,74)/t33?,38-,39?,40+,41?,42+,43?,44-,45?,48+,49?/m1/s1. The highest BCUT2D eigenvalue weighted by molar-refractivity contribution is 5.96. The Morgan fingerprint density at radius 1 is 0.524 bits per heavy atom. The first-order valence-electron chi connectivity index (χ1n) is 27.8. The average Bonchev–Trinajstić information content (AvgIpc) is 3.43. The number of nitrogens with zero attached hydrogens (tertiary/aromatic N) is 6. The Bertz CT molecular complexity index is 2290. The van der Waals surface area contributed by atoms with Crippen LogP contribution in [-0.4, -0.2) is 293 Å². The first kappa shape index (κ1) is 66.9. The summed E-state index contributed by atoms with van der Waals surface area (Å²) in [5.41, 5.74) is 4.88. The molecule has 4 fully saturated rings. The maximum absolute atomic E-state index is 13.0. The van der Waals surface area contributed by atoms with Crippen LogP contribution in [0.3, 0.4) is 0 Å². The van der Waals surface area contributed by atoms with Crippen molar-refractivity contribution in [1.82, 2.24) is 40.9 Å². The van der Waals surface area contributed by atoms with Crippen molar-refractivity contribution in [3.8, 4) is 11.5 Å². The third-order valence-corrected chi connectivity index (χ3v) is 14.4. The molecule has 4 heterocycles. The summed E-state index contributed by atoms with van der Waals surface area (Å²) in [7, 11) is 0. The lowest BCUT2D eigenvalue weighted by Gasteiger charge is -2.39. The van der Waals surface area contributed by atoms with Gasteiger partial charge in [0.15, 0.2) is 0 Å². The Morgan fingerprint density at radius 2 is 0.845 bits per heavy atom. The zero-order chi connectivity index (χ0) is 60.9. The van der Waals surface area contributed by atoms with Crippen molar-refractivity contribution in [3.05, 3.63) is 67.8 Å². The molecule has 14 N–H and O–H groups in total. The number of carbonyl (C=O) groups is 4. The van der Waals surface area contributed by atoms with E-state index in [1.54, 1.807) is 0 Å². The van der Waals surface area contributed by atoms with Gasteiger partial charge in [-0.1, -0.05) is 0 Å². The molecule has 0 spiro atoms. The lowest BCUT2D eigenvalue weighted by molar-refractivity contribution is -0.385. The number of hydrogen-bond donors (Lipinski definition) is 13. The van der Waals surface area contributed by atoms with Gasteiger partial charge in [0, 0.05) is 102 Å². The number of alkyl carbamates (subject to hydrolysis) is 2. The zero-order valence-electron chi connectivity index (χ0n) is 46.3. The molecule has 6 rings (SSSR count). The number of rotatable bonds is 30. The van der Waals surface area contributed by atoms with Crippen LogP contribution in [0.15, 0.2) is 36.4 Å². The van der Waals surface area contributed by atoms with Crippen molar-refractivity contribution in [2.45, 2.75) is 93.1 Å². The van der Waals surface area contributed by atoms with Gasteiger partial charge in [0.1, 0.15) is 73.5 Å². The fraction of sp³-hybridized carbons (Fsp3) is 0.686. The monoisotopic (exact) mass is 1200 g/mol. The highest BCUT2D eigenvalue weighted by atomic mass is 16.7. The van der Waals surface area contributed by atoms with Gasteiger partial charge in [-0.15, -0.1) is 0 Å². The molecule has 4 aliphatic heterocycles. The summed E-state index contributed by atoms with van der Waals surface area (Å²) >= 11 is 0. The van der Waals surface area contributed by atoms with Gasteiger partial charge < -0.3 is 116 Å². The van der Waals surface area contributed by atoms with Gasteiger partial charge in [-0.2, -0.15) is 0 Å². The summed E-state index contributed by atoms with van der Waals surface area (Å²) in [4.78, 5) is 81.4. The number of amides is 4. The molecule has 0 aliphatic carbocycles. The molecule has 470 valence electrons. The van der Waals surface area contributed by atoms with Gasteiger partial charge >= 0.3 is 12.2 Å². The Hall–Kier alpha value is -6.28. The molecule has 0 radical (unpaired) electrons. The number of aliphatic hydroxyl groups is 8. The highest BCUT2D eigenvalue weighted by Gasteiger charge is 2.46. The van der Waals surface area contributed by atoms with E-state index in [0.717, 1.165) is 89.7 Å². The number of nitrogens with one attached hydrogen (secondary N) is 4. The Morgan fingerprint density at radius 3 is 1.15 bits per heavy atom. The van der Waals surface area contributed by atoms with Gasteiger partial charge in [-0.3, -0.25) is 29.8 Å². The van der Waals surface area contributed by atoms with Crippen LogP contribution in [0.1, 0.15) is 46.4 Å². The van der Waals surface area contributed by atoms with Gasteiger partial charge in [-0.05, 0) is 64.0 Å². The molecule has 2 aromatic rings. The van der Waals surface area contributed by atoms with Gasteiger partial charge in [0.25, 0.3) is 23.2 Å². The number of carbonyl (C=O) groups excluding carboxylic acids is 4. The van der Waals surface area contributed by atoms with Crippen LogP contribution in [-0.2, 0) is 18.9 Å². The van der Waals surface area contributed by atoms with Crippen LogP contribution in [0.2, 0.25) is 0 Å². The average molecular weight is 1200 g/mol. The third kappa shape index (κ3) is 20.5. The molecule has 4 saturated heterocycles. The maximum Gasteiger partial charge on any atom is 0.407 e. The molecule has 0 aromatic heterocycles. The van der Waals surface area contributed by atoms with Crippen molar-refractivity contribution in [2.75, 3.05) is 131 Å². The van der Waals surface area contributed by atoms with Crippen LogP contribution >= 0.6 is 0 Å². The second-order valence-electron chi connectivity index (χ2n) is 20.7. The summed E-state index contributed by atoms with van der Waals surface area (Å²) in [5, 5.41) is 114. The molecular formula is C51H79N11O22. The number of non-ortho nitro benzene ring substituents is 2. The van der Waals surface area contributed by atoms with Crippen LogP contribution in [0.5, 0.6) is 11.5 Å². The summed E-state index contributed by atoms with van der Waals surface area (Å²) < 4.78 is 32.1. The van der Waals surface area contributed by atoms with Crippen molar-refractivity contribution in [3.63, 3.8) is 0 Å². The van der Waals surface area contributed by atoms with E-state index >= 15 is 0 Å². The predicted molar refractivity (Wildman–Crippen MR) is 291 cm³/mol. The van der Waals surface area contributed by atoms with Crippen molar-refractivity contribution >= 4 is 35.4 Å². The summed E-state index contributed by atoms with van der Waals surface area (Å²) in [6.45, 7) is 8.69. The SMILES string of the molecule is NC(COC(=O)NCCCN1CCN(CCCNC(=O)c2cc(OC3OC(CO)C(O)C(O)C3O)cc([N+](=O)[O-])c2)CC1)COC(=O)NCCCN1CCN(CCCNC(=O)c2cc(O[C@H]3O[C@H](CO)[C@H](O)[C@H](O)[C@H]3O)cc([N+](=O)[O-])c2)CC1.